The van der Waals surface area contributed by atoms with Gasteiger partial charge in [-0.15, -0.1) is 0 Å². The molecule has 1 aromatic heterocycles. The van der Waals surface area contributed by atoms with E-state index in [-0.39, 0.29) is 0 Å². The van der Waals surface area contributed by atoms with Gasteiger partial charge in [-0.2, -0.15) is 0 Å². The highest BCUT2D eigenvalue weighted by molar-refractivity contribution is 9.10. The molecule has 0 saturated heterocycles. The Kier molecular flexibility index (Phi) is 7.17. The molecule has 4 atom stereocenters. The number of nitrogens with zero attached hydrogens (tertiary/aromatic N) is 1. The van der Waals surface area contributed by atoms with Crippen LogP contribution in [0.1, 0.15) is 62.8 Å². The van der Waals surface area contributed by atoms with Gasteiger partial charge in [0.15, 0.2) is 0 Å². The minimum absolute atomic E-state index is 0.550. The first kappa shape index (κ1) is 19.8. The van der Waals surface area contributed by atoms with E-state index in [1.807, 2.05) is 0 Å². The Morgan fingerprint density at radius 3 is 1.52 bits per heavy atom. The van der Waals surface area contributed by atoms with E-state index in [4.69, 9.17) is 4.98 Å². The van der Waals surface area contributed by atoms with Crippen LogP contribution in [0, 0.1) is 0 Å². The maximum Gasteiger partial charge on any atom is 0.0556 e. The number of pyridine rings is 1. The van der Waals surface area contributed by atoms with Crippen LogP contribution >= 0.6 is 15.9 Å². The van der Waals surface area contributed by atoms with E-state index < -0.39 is 0 Å². The lowest BCUT2D eigenvalue weighted by Gasteiger charge is -2.34. The first-order valence-electron chi connectivity index (χ1n) is 10.9. The molecule has 0 spiro atoms. The second-order valence-corrected chi connectivity index (χ2v) is 9.35. The lowest BCUT2D eigenvalue weighted by atomic mass is 9.89. The van der Waals surface area contributed by atoms with Gasteiger partial charge in [0, 0.05) is 54.8 Å². The lowest BCUT2D eigenvalue weighted by molar-refractivity contribution is 0.266. The maximum absolute atomic E-state index is 4.92. The van der Waals surface area contributed by atoms with Gasteiger partial charge in [-0.25, -0.2) is 0 Å². The molecule has 150 valence electrons. The van der Waals surface area contributed by atoms with Crippen molar-refractivity contribution in [3.63, 3.8) is 0 Å². The number of rotatable bonds is 0. The summed E-state index contributed by atoms with van der Waals surface area (Å²) in [6.07, 6.45) is 10.4. The van der Waals surface area contributed by atoms with Crippen LogP contribution in [0.15, 0.2) is 16.6 Å². The number of halogens is 1. The van der Waals surface area contributed by atoms with Gasteiger partial charge in [0.05, 0.1) is 11.4 Å². The summed E-state index contributed by atoms with van der Waals surface area (Å²) in [5.41, 5.74) is 2.28. The Labute approximate surface area is 172 Å². The third kappa shape index (κ3) is 5.51. The van der Waals surface area contributed by atoms with Crippen molar-refractivity contribution in [3.8, 4) is 0 Å². The minimum atomic E-state index is 0.550. The summed E-state index contributed by atoms with van der Waals surface area (Å²) in [5.74, 6) is 0. The molecule has 4 rings (SSSR count). The summed E-state index contributed by atoms with van der Waals surface area (Å²) in [5, 5.41) is 15.2. The fourth-order valence-electron chi connectivity index (χ4n) is 5.02. The summed E-state index contributed by atoms with van der Waals surface area (Å²) in [4.78, 5) is 4.92. The van der Waals surface area contributed by atoms with Crippen LogP contribution in [0.25, 0.3) is 0 Å². The molecule has 1 unspecified atom stereocenters. The number of nitrogens with one attached hydrogen (secondary N) is 4. The standard InChI is InChI=1S/C21H34BrN5/c22-15-11-16-13-25-20-7-3-1-5-18(20)23-9-10-24-19-6-2-4-8-21(19)26-14-17(12-15)27-16/h11-12,18-21,23-26H,1-10,13-14H2/t18-,19?,20-,21-/m1/s1. The topological polar surface area (TPSA) is 61.0 Å². The number of fused-ring (bicyclic) bond motifs is 4. The largest absolute Gasteiger partial charge is 0.311 e. The molecular formula is C21H34BrN5. The van der Waals surface area contributed by atoms with Gasteiger partial charge in [-0.3, -0.25) is 4.98 Å². The zero-order chi connectivity index (χ0) is 18.5. The third-order valence-electron chi connectivity index (χ3n) is 6.46. The quantitative estimate of drug-likeness (QED) is 0.504. The summed E-state index contributed by atoms with van der Waals surface area (Å²) in [6, 6.07) is 6.58. The Morgan fingerprint density at radius 1 is 0.667 bits per heavy atom. The van der Waals surface area contributed by atoms with Crippen LogP contribution in [-0.4, -0.2) is 42.2 Å². The molecule has 3 aliphatic rings. The van der Waals surface area contributed by atoms with Crippen LogP contribution in [0.5, 0.6) is 0 Å². The van der Waals surface area contributed by atoms with Gasteiger partial charge in [0.1, 0.15) is 0 Å². The fourth-order valence-corrected chi connectivity index (χ4v) is 5.54. The van der Waals surface area contributed by atoms with Crippen molar-refractivity contribution in [2.75, 3.05) is 13.1 Å². The molecule has 0 radical (unpaired) electrons. The normalized spacial score (nSPS) is 33.2. The number of aromatic nitrogens is 1. The first-order valence-corrected chi connectivity index (χ1v) is 11.7. The SMILES string of the molecule is Brc1cc2nc(c1)CN[C@@H]1CCCC[C@H]1NCCNC1CCCC[C@H]1NC2. The highest BCUT2D eigenvalue weighted by Crippen LogP contribution is 2.21. The van der Waals surface area contributed by atoms with Crippen LogP contribution in [0.3, 0.4) is 0 Å². The van der Waals surface area contributed by atoms with Crippen molar-refractivity contribution in [3.05, 3.63) is 28.0 Å². The van der Waals surface area contributed by atoms with Crippen molar-refractivity contribution in [2.45, 2.75) is 88.6 Å². The lowest BCUT2D eigenvalue weighted by Crippen LogP contribution is -2.53. The van der Waals surface area contributed by atoms with Gasteiger partial charge >= 0.3 is 0 Å². The van der Waals surface area contributed by atoms with E-state index in [1.165, 1.54) is 51.4 Å². The zero-order valence-electron chi connectivity index (χ0n) is 16.3. The van der Waals surface area contributed by atoms with Crippen LogP contribution < -0.4 is 21.3 Å². The number of hydrogen-bond acceptors (Lipinski definition) is 5. The van der Waals surface area contributed by atoms with Gasteiger partial charge in [-0.1, -0.05) is 41.6 Å². The van der Waals surface area contributed by atoms with Gasteiger partial charge in [-0.05, 0) is 37.8 Å². The molecular weight excluding hydrogens is 402 g/mol. The van der Waals surface area contributed by atoms with E-state index in [0.717, 1.165) is 42.0 Å². The summed E-state index contributed by atoms with van der Waals surface area (Å²) < 4.78 is 1.13. The molecule has 4 N–H and O–H groups in total. The first-order chi connectivity index (χ1) is 13.3. The van der Waals surface area contributed by atoms with E-state index in [0.29, 0.717) is 24.2 Å². The van der Waals surface area contributed by atoms with Gasteiger partial charge in [0.25, 0.3) is 0 Å². The zero-order valence-corrected chi connectivity index (χ0v) is 17.9. The second-order valence-electron chi connectivity index (χ2n) is 8.43. The van der Waals surface area contributed by atoms with Gasteiger partial charge in [0.2, 0.25) is 0 Å². The summed E-state index contributed by atoms with van der Waals surface area (Å²) in [6.45, 7) is 3.81. The third-order valence-corrected chi connectivity index (χ3v) is 6.91. The Bertz CT molecular complexity index is 562. The van der Waals surface area contributed by atoms with E-state index in [2.05, 4.69) is 49.3 Å². The van der Waals surface area contributed by atoms with Crippen LogP contribution in [0.4, 0.5) is 0 Å². The molecule has 1 aromatic rings. The highest BCUT2D eigenvalue weighted by atomic mass is 79.9. The predicted molar refractivity (Wildman–Crippen MR) is 114 cm³/mol. The monoisotopic (exact) mass is 435 g/mol. The molecule has 0 aromatic carbocycles. The molecule has 1 aliphatic heterocycles. The van der Waals surface area contributed by atoms with E-state index >= 15 is 0 Å². The summed E-state index contributed by atoms with van der Waals surface area (Å²) in [7, 11) is 0. The predicted octanol–water partition coefficient (Wildman–Crippen LogP) is 2.84. The van der Waals surface area contributed by atoms with E-state index in [9.17, 15) is 0 Å². The van der Waals surface area contributed by atoms with Crippen molar-refractivity contribution in [1.29, 1.82) is 0 Å². The highest BCUT2D eigenvalue weighted by Gasteiger charge is 2.26. The Morgan fingerprint density at radius 2 is 1.07 bits per heavy atom. The smallest absolute Gasteiger partial charge is 0.0556 e. The van der Waals surface area contributed by atoms with Crippen molar-refractivity contribution < 1.29 is 0 Å². The van der Waals surface area contributed by atoms with Gasteiger partial charge < -0.3 is 21.3 Å². The molecule has 2 heterocycles. The molecule has 2 bridgehead atoms. The maximum atomic E-state index is 4.92. The molecule has 6 heteroatoms. The molecule has 5 nitrogen and oxygen atoms in total. The van der Waals surface area contributed by atoms with Crippen molar-refractivity contribution in [1.82, 2.24) is 26.3 Å². The molecule has 27 heavy (non-hydrogen) atoms. The molecule has 2 saturated carbocycles. The number of hydrogen-bond donors (Lipinski definition) is 4. The van der Waals surface area contributed by atoms with Crippen molar-refractivity contribution >= 4 is 15.9 Å². The Balaban J connectivity index is 1.51. The van der Waals surface area contributed by atoms with E-state index in [1.54, 1.807) is 0 Å². The van der Waals surface area contributed by atoms with Crippen LogP contribution in [0.2, 0.25) is 0 Å². The average Bonchev–Trinajstić information content (AvgIpc) is 2.69. The van der Waals surface area contributed by atoms with Crippen LogP contribution in [-0.2, 0) is 13.1 Å². The fraction of sp³-hybridized carbons (Fsp3) is 0.762. The molecule has 2 aliphatic carbocycles. The molecule has 0 amide bonds. The molecule has 2 fully saturated rings. The Hall–Kier alpha value is -0.530. The summed E-state index contributed by atoms with van der Waals surface area (Å²) >= 11 is 3.69. The average molecular weight is 436 g/mol. The van der Waals surface area contributed by atoms with Crippen molar-refractivity contribution in [2.24, 2.45) is 0 Å². The second kappa shape index (κ2) is 9.79. The minimum Gasteiger partial charge on any atom is -0.311 e.